The first-order valence-corrected chi connectivity index (χ1v) is 6.15. The summed E-state index contributed by atoms with van der Waals surface area (Å²) in [4.78, 5) is 4.30. The summed E-state index contributed by atoms with van der Waals surface area (Å²) in [5, 5.41) is 9.21. The van der Waals surface area contributed by atoms with Crippen LogP contribution in [-0.2, 0) is 6.42 Å². The third-order valence-electron chi connectivity index (χ3n) is 2.93. The second-order valence-corrected chi connectivity index (χ2v) is 4.62. The van der Waals surface area contributed by atoms with E-state index in [4.69, 9.17) is 21.3 Å². The molecule has 3 rings (SSSR count). The highest BCUT2D eigenvalue weighted by molar-refractivity contribution is 6.31. The first kappa shape index (κ1) is 11.8. The molecule has 0 atom stereocenters. The predicted octanol–water partition coefficient (Wildman–Crippen LogP) is 4.21. The molecule has 2 heterocycles. The normalized spacial score (nSPS) is 10.5. The third kappa shape index (κ3) is 2.18. The van der Waals surface area contributed by atoms with E-state index in [2.05, 4.69) is 11.1 Å². The van der Waals surface area contributed by atoms with Crippen LogP contribution in [0.5, 0.6) is 0 Å². The Morgan fingerprint density at radius 1 is 1.26 bits per heavy atom. The van der Waals surface area contributed by atoms with E-state index in [0.29, 0.717) is 17.0 Å². The molecule has 0 aliphatic rings. The number of nitriles is 1. The molecule has 1 aromatic carbocycles. The molecule has 4 heteroatoms. The van der Waals surface area contributed by atoms with Gasteiger partial charge in [-0.25, -0.2) is 0 Å². The maximum absolute atomic E-state index is 8.65. The monoisotopic (exact) mass is 268 g/mol. The zero-order valence-corrected chi connectivity index (χ0v) is 10.7. The number of hydrogen-bond acceptors (Lipinski definition) is 3. The fraction of sp³-hybridized carbons (Fsp3) is 0.0667. The zero-order valence-electron chi connectivity index (χ0n) is 9.93. The van der Waals surface area contributed by atoms with E-state index in [1.54, 1.807) is 18.5 Å². The SMILES string of the molecule is N#CCc1ccc(-c2coc3cc(Cl)cnc23)cc1. The van der Waals surface area contributed by atoms with Crippen molar-refractivity contribution in [1.82, 2.24) is 4.98 Å². The number of fused-ring (bicyclic) bond motifs is 1. The molecule has 3 aromatic rings. The highest BCUT2D eigenvalue weighted by atomic mass is 35.5. The lowest BCUT2D eigenvalue weighted by Gasteiger charge is -1.99. The van der Waals surface area contributed by atoms with E-state index in [0.717, 1.165) is 22.2 Å². The summed E-state index contributed by atoms with van der Waals surface area (Å²) in [7, 11) is 0. The average molecular weight is 269 g/mol. The van der Waals surface area contributed by atoms with Crippen LogP contribution in [-0.4, -0.2) is 4.98 Å². The Bertz CT molecular complexity index is 769. The van der Waals surface area contributed by atoms with Crippen LogP contribution in [0.25, 0.3) is 22.2 Å². The van der Waals surface area contributed by atoms with Crippen LogP contribution < -0.4 is 0 Å². The van der Waals surface area contributed by atoms with E-state index in [-0.39, 0.29) is 0 Å². The minimum Gasteiger partial charge on any atom is -0.462 e. The fourth-order valence-electron chi connectivity index (χ4n) is 1.99. The van der Waals surface area contributed by atoms with Crippen LogP contribution in [0.1, 0.15) is 5.56 Å². The highest BCUT2D eigenvalue weighted by Gasteiger charge is 2.09. The number of nitrogens with zero attached hydrogens (tertiary/aromatic N) is 2. The summed E-state index contributed by atoms with van der Waals surface area (Å²) in [5.41, 5.74) is 4.39. The fourth-order valence-corrected chi connectivity index (χ4v) is 2.14. The van der Waals surface area contributed by atoms with Gasteiger partial charge in [0, 0.05) is 17.8 Å². The van der Waals surface area contributed by atoms with Crippen molar-refractivity contribution in [2.75, 3.05) is 0 Å². The van der Waals surface area contributed by atoms with Crippen LogP contribution in [0.2, 0.25) is 5.02 Å². The summed E-state index contributed by atoms with van der Waals surface area (Å²) >= 11 is 5.88. The number of benzene rings is 1. The number of pyridine rings is 1. The lowest BCUT2D eigenvalue weighted by molar-refractivity contribution is 0.616. The zero-order chi connectivity index (χ0) is 13.2. The summed E-state index contributed by atoms with van der Waals surface area (Å²) in [6.45, 7) is 0. The second kappa shape index (κ2) is 4.75. The van der Waals surface area contributed by atoms with Crippen LogP contribution in [0.4, 0.5) is 0 Å². The Hall–Kier alpha value is -2.31. The minimum atomic E-state index is 0.417. The van der Waals surface area contributed by atoms with Gasteiger partial charge in [-0.3, -0.25) is 4.98 Å². The Morgan fingerprint density at radius 3 is 2.79 bits per heavy atom. The van der Waals surface area contributed by atoms with Crippen molar-refractivity contribution in [3.05, 3.63) is 53.4 Å². The molecule has 0 unspecified atom stereocenters. The molecule has 0 aliphatic carbocycles. The van der Waals surface area contributed by atoms with E-state index >= 15 is 0 Å². The van der Waals surface area contributed by atoms with Gasteiger partial charge < -0.3 is 4.42 Å². The largest absolute Gasteiger partial charge is 0.462 e. The summed E-state index contributed by atoms with van der Waals surface area (Å²) < 4.78 is 5.46. The molecule has 0 radical (unpaired) electrons. The number of rotatable bonds is 2. The standard InChI is InChI=1S/C15H9ClN2O/c16-12-7-14-15(18-8-12)13(9-19-14)11-3-1-10(2-4-11)5-6-17/h1-4,7-9H,5H2. The van der Waals surface area contributed by atoms with Crippen molar-refractivity contribution in [3.63, 3.8) is 0 Å². The van der Waals surface area contributed by atoms with Gasteiger partial charge in [-0.05, 0) is 11.1 Å². The minimum absolute atomic E-state index is 0.417. The predicted molar refractivity (Wildman–Crippen MR) is 73.8 cm³/mol. The lowest BCUT2D eigenvalue weighted by Crippen LogP contribution is -1.82. The molecule has 0 spiro atoms. The molecule has 0 aliphatic heterocycles. The van der Waals surface area contributed by atoms with Gasteiger partial charge in [-0.15, -0.1) is 0 Å². The van der Waals surface area contributed by atoms with Crippen molar-refractivity contribution < 1.29 is 4.42 Å². The van der Waals surface area contributed by atoms with E-state index in [1.807, 2.05) is 24.3 Å². The van der Waals surface area contributed by atoms with E-state index in [9.17, 15) is 0 Å². The molecule has 0 fully saturated rings. The maximum Gasteiger partial charge on any atom is 0.154 e. The van der Waals surface area contributed by atoms with E-state index < -0.39 is 0 Å². The summed E-state index contributed by atoms with van der Waals surface area (Å²) in [6, 6.07) is 11.7. The van der Waals surface area contributed by atoms with Crippen molar-refractivity contribution in [2.24, 2.45) is 0 Å². The maximum atomic E-state index is 8.65. The molecule has 0 amide bonds. The molecular weight excluding hydrogens is 260 g/mol. The Balaban J connectivity index is 2.07. The number of halogens is 1. The van der Waals surface area contributed by atoms with E-state index in [1.165, 1.54) is 0 Å². The second-order valence-electron chi connectivity index (χ2n) is 4.18. The van der Waals surface area contributed by atoms with Gasteiger partial charge in [0.05, 0.1) is 17.5 Å². The first-order valence-electron chi connectivity index (χ1n) is 5.77. The number of furan rings is 1. The van der Waals surface area contributed by atoms with Gasteiger partial charge in [0.1, 0.15) is 11.8 Å². The van der Waals surface area contributed by atoms with Gasteiger partial charge in [0.15, 0.2) is 5.58 Å². The van der Waals surface area contributed by atoms with Gasteiger partial charge in [0.2, 0.25) is 0 Å². The molecule has 3 nitrogen and oxygen atoms in total. The smallest absolute Gasteiger partial charge is 0.154 e. The third-order valence-corrected chi connectivity index (χ3v) is 3.13. The van der Waals surface area contributed by atoms with Gasteiger partial charge in [0.25, 0.3) is 0 Å². The molecule has 19 heavy (non-hydrogen) atoms. The first-order chi connectivity index (χ1) is 9.28. The van der Waals surface area contributed by atoms with Gasteiger partial charge in [-0.1, -0.05) is 35.9 Å². The quantitative estimate of drug-likeness (QED) is 0.699. The van der Waals surface area contributed by atoms with Crippen molar-refractivity contribution in [2.45, 2.75) is 6.42 Å². The molecule has 0 saturated heterocycles. The number of aromatic nitrogens is 1. The van der Waals surface area contributed by atoms with Crippen LogP contribution >= 0.6 is 11.6 Å². The molecule has 2 aromatic heterocycles. The average Bonchev–Trinajstić information content (AvgIpc) is 2.83. The Kier molecular flexibility index (Phi) is 2.94. The van der Waals surface area contributed by atoms with Gasteiger partial charge in [-0.2, -0.15) is 5.26 Å². The Morgan fingerprint density at radius 2 is 2.05 bits per heavy atom. The lowest BCUT2D eigenvalue weighted by atomic mass is 10.0. The summed E-state index contributed by atoms with van der Waals surface area (Å²) in [5.74, 6) is 0. The number of hydrogen-bond donors (Lipinski definition) is 0. The molecular formula is C15H9ClN2O. The summed E-state index contributed by atoms with van der Waals surface area (Å²) in [6.07, 6.45) is 3.69. The topological polar surface area (TPSA) is 49.8 Å². The van der Waals surface area contributed by atoms with Crippen molar-refractivity contribution >= 4 is 22.7 Å². The Labute approximate surface area is 115 Å². The van der Waals surface area contributed by atoms with Crippen molar-refractivity contribution in [1.29, 1.82) is 5.26 Å². The van der Waals surface area contributed by atoms with Gasteiger partial charge >= 0.3 is 0 Å². The van der Waals surface area contributed by atoms with Crippen molar-refractivity contribution in [3.8, 4) is 17.2 Å². The molecule has 0 N–H and O–H groups in total. The molecule has 0 saturated carbocycles. The highest BCUT2D eigenvalue weighted by Crippen LogP contribution is 2.30. The van der Waals surface area contributed by atoms with Crippen LogP contribution in [0.15, 0.2) is 47.2 Å². The molecule has 0 bridgehead atoms. The van der Waals surface area contributed by atoms with Crippen LogP contribution in [0.3, 0.4) is 0 Å². The van der Waals surface area contributed by atoms with Crippen LogP contribution in [0, 0.1) is 11.3 Å². The molecule has 92 valence electrons.